The van der Waals surface area contributed by atoms with Crippen LogP contribution in [0.25, 0.3) is 22.3 Å². The minimum absolute atomic E-state index is 0. The van der Waals surface area contributed by atoms with Crippen LogP contribution >= 0.6 is 0 Å². The molecule has 6 nitrogen and oxygen atoms in total. The van der Waals surface area contributed by atoms with Crippen LogP contribution in [0, 0.1) is 23.3 Å². The Morgan fingerprint density at radius 3 is 1.29 bits per heavy atom. The zero-order chi connectivity index (χ0) is 24.8. The van der Waals surface area contributed by atoms with Gasteiger partial charge in [0.2, 0.25) is 0 Å². The summed E-state index contributed by atoms with van der Waals surface area (Å²) in [4.78, 5) is 28.8. The average Bonchev–Trinajstić information content (AvgIpc) is 2.79. The standard InChI is InChI=1S/2C12H7F2NO2.Ru/c2*13-7-3-4-8(10(14)6-7)9-2-1-5-15-11(9)12(16)17;/h2*1-6H,(H,16,17);/q;;+2/p-2. The van der Waals surface area contributed by atoms with Gasteiger partial charge in [0.05, 0.1) is 23.3 Å². The molecule has 0 atom stereocenters. The summed E-state index contributed by atoms with van der Waals surface area (Å²) >= 11 is 0. The molecule has 0 saturated heterocycles. The molecular formula is C24H12F4N2O4Ru. The summed E-state index contributed by atoms with van der Waals surface area (Å²) in [7, 11) is 0. The number of hydrogen-bond acceptors (Lipinski definition) is 6. The predicted octanol–water partition coefficient (Wildman–Crippen LogP) is 2.78. The first-order chi connectivity index (χ1) is 16.2. The number of nitrogens with zero attached hydrogens (tertiary/aromatic N) is 2. The van der Waals surface area contributed by atoms with Crippen molar-refractivity contribution in [3.05, 3.63) is 108 Å². The molecule has 2 aromatic heterocycles. The van der Waals surface area contributed by atoms with Gasteiger partial charge in [-0.05, 0) is 36.4 Å². The van der Waals surface area contributed by atoms with Gasteiger partial charge in [0.1, 0.15) is 23.3 Å². The van der Waals surface area contributed by atoms with E-state index in [4.69, 9.17) is 0 Å². The fourth-order valence-corrected chi connectivity index (χ4v) is 2.99. The van der Waals surface area contributed by atoms with Crippen molar-refractivity contribution in [2.24, 2.45) is 0 Å². The molecule has 2 heterocycles. The summed E-state index contributed by atoms with van der Waals surface area (Å²) in [6.07, 6.45) is 2.52. The van der Waals surface area contributed by atoms with Crippen molar-refractivity contribution in [2.75, 3.05) is 0 Å². The number of carbonyl (C=O) groups is 2. The number of hydrogen-bond donors (Lipinski definition) is 0. The summed E-state index contributed by atoms with van der Waals surface area (Å²) in [6, 6.07) is 11.5. The van der Waals surface area contributed by atoms with Crippen LogP contribution < -0.4 is 10.2 Å². The first kappa shape index (κ1) is 27.3. The number of carbonyl (C=O) groups excluding carboxylic acids is 2. The van der Waals surface area contributed by atoms with Gasteiger partial charge >= 0.3 is 19.5 Å². The van der Waals surface area contributed by atoms with Gasteiger partial charge in [-0.25, -0.2) is 17.6 Å². The maximum atomic E-state index is 13.5. The van der Waals surface area contributed by atoms with E-state index in [0.29, 0.717) is 12.1 Å². The normalized spacial score (nSPS) is 9.94. The van der Waals surface area contributed by atoms with E-state index in [1.54, 1.807) is 0 Å². The molecule has 0 aliphatic rings. The Hall–Kier alpha value is -3.98. The maximum absolute atomic E-state index is 13.5. The Balaban J connectivity index is 0.000000240. The van der Waals surface area contributed by atoms with E-state index in [0.717, 1.165) is 24.3 Å². The Kier molecular flexibility index (Phi) is 9.30. The van der Waals surface area contributed by atoms with E-state index in [1.807, 2.05) is 0 Å². The SMILES string of the molecule is O=C([O-])c1ncccc1-c1ccc(F)cc1F.O=C([O-])c1ncccc1-c1ccc(F)cc1F.[Ru+2]. The largest absolute Gasteiger partial charge is 2.00 e. The molecule has 0 saturated carbocycles. The van der Waals surface area contributed by atoms with E-state index in [2.05, 4.69) is 9.97 Å². The Labute approximate surface area is 208 Å². The summed E-state index contributed by atoms with van der Waals surface area (Å²) in [5.74, 6) is -6.18. The number of pyridine rings is 2. The van der Waals surface area contributed by atoms with Crippen LogP contribution in [0.4, 0.5) is 17.6 Å². The third-order valence-corrected chi connectivity index (χ3v) is 4.44. The van der Waals surface area contributed by atoms with Crippen molar-refractivity contribution in [3.63, 3.8) is 0 Å². The summed E-state index contributed by atoms with van der Waals surface area (Å²) in [5, 5.41) is 21.6. The second-order valence-electron chi connectivity index (χ2n) is 6.62. The molecule has 0 aliphatic carbocycles. The van der Waals surface area contributed by atoms with Gasteiger partial charge in [0, 0.05) is 46.8 Å². The quantitative estimate of drug-likeness (QED) is 0.277. The zero-order valence-electron chi connectivity index (χ0n) is 17.3. The Bertz CT molecular complexity index is 1280. The molecule has 11 heteroatoms. The maximum Gasteiger partial charge on any atom is 2.00 e. The smallest absolute Gasteiger partial charge is 0.543 e. The summed E-state index contributed by atoms with van der Waals surface area (Å²) in [6.45, 7) is 0. The van der Waals surface area contributed by atoms with E-state index in [-0.39, 0.29) is 53.1 Å². The Morgan fingerprint density at radius 1 is 0.600 bits per heavy atom. The van der Waals surface area contributed by atoms with Crippen molar-refractivity contribution in [2.45, 2.75) is 0 Å². The number of aromatic carboxylic acids is 2. The van der Waals surface area contributed by atoms with Crippen molar-refractivity contribution < 1.29 is 56.8 Å². The average molecular weight is 569 g/mol. The summed E-state index contributed by atoms with van der Waals surface area (Å²) < 4.78 is 52.5. The van der Waals surface area contributed by atoms with Gasteiger partial charge in [0.25, 0.3) is 0 Å². The van der Waals surface area contributed by atoms with Crippen LogP contribution in [0.1, 0.15) is 21.0 Å². The molecule has 0 unspecified atom stereocenters. The molecule has 0 bridgehead atoms. The van der Waals surface area contributed by atoms with E-state index >= 15 is 0 Å². The van der Waals surface area contributed by atoms with Crippen molar-refractivity contribution in [3.8, 4) is 22.3 Å². The topological polar surface area (TPSA) is 106 Å². The fourth-order valence-electron chi connectivity index (χ4n) is 2.99. The third kappa shape index (κ3) is 6.54. The molecule has 0 aliphatic heterocycles. The molecule has 0 amide bonds. The van der Waals surface area contributed by atoms with E-state index in [9.17, 15) is 37.4 Å². The summed E-state index contributed by atoms with van der Waals surface area (Å²) in [5.41, 5.74) is -0.691. The van der Waals surface area contributed by atoms with Crippen molar-refractivity contribution >= 4 is 11.9 Å². The molecule has 35 heavy (non-hydrogen) atoms. The second kappa shape index (κ2) is 11.9. The van der Waals surface area contributed by atoms with Crippen LogP contribution in [-0.2, 0) is 19.5 Å². The van der Waals surface area contributed by atoms with Gasteiger partial charge in [-0.15, -0.1) is 0 Å². The van der Waals surface area contributed by atoms with E-state index < -0.39 is 35.2 Å². The molecule has 4 aromatic rings. The molecule has 0 radical (unpaired) electrons. The molecule has 0 fully saturated rings. The third-order valence-electron chi connectivity index (χ3n) is 4.44. The molecule has 178 valence electrons. The van der Waals surface area contributed by atoms with Gasteiger partial charge in [-0.3, -0.25) is 9.97 Å². The van der Waals surface area contributed by atoms with Crippen LogP contribution in [0.15, 0.2) is 73.1 Å². The number of rotatable bonds is 4. The van der Waals surface area contributed by atoms with Crippen molar-refractivity contribution in [1.82, 2.24) is 9.97 Å². The second-order valence-corrected chi connectivity index (χ2v) is 6.62. The molecule has 2 aromatic carbocycles. The minimum atomic E-state index is -1.51. The van der Waals surface area contributed by atoms with Gasteiger partial charge in [-0.2, -0.15) is 0 Å². The van der Waals surface area contributed by atoms with Crippen LogP contribution in [0.2, 0.25) is 0 Å². The van der Waals surface area contributed by atoms with Gasteiger partial charge in [0.15, 0.2) is 0 Å². The minimum Gasteiger partial charge on any atom is -0.543 e. The number of aromatic nitrogens is 2. The Morgan fingerprint density at radius 2 is 0.971 bits per heavy atom. The zero-order valence-corrected chi connectivity index (χ0v) is 19.1. The fraction of sp³-hybridized carbons (Fsp3) is 0. The van der Waals surface area contributed by atoms with Gasteiger partial charge in [-0.1, -0.05) is 12.1 Å². The van der Waals surface area contributed by atoms with Crippen LogP contribution in [-0.4, -0.2) is 21.9 Å². The monoisotopic (exact) mass is 570 g/mol. The molecular weight excluding hydrogens is 557 g/mol. The molecule has 0 N–H and O–H groups in total. The predicted molar refractivity (Wildman–Crippen MR) is 108 cm³/mol. The molecule has 0 spiro atoms. The number of halogens is 4. The molecule has 4 rings (SSSR count). The number of carboxylic acids is 2. The van der Waals surface area contributed by atoms with E-state index in [1.165, 1.54) is 36.7 Å². The first-order valence-corrected chi connectivity index (χ1v) is 9.42. The van der Waals surface area contributed by atoms with Gasteiger partial charge < -0.3 is 19.8 Å². The van der Waals surface area contributed by atoms with Crippen molar-refractivity contribution in [1.29, 1.82) is 0 Å². The first-order valence-electron chi connectivity index (χ1n) is 9.42. The van der Waals surface area contributed by atoms with Crippen LogP contribution in [0.3, 0.4) is 0 Å². The number of carboxylic acid groups (broad SMARTS) is 2. The number of benzene rings is 2. The van der Waals surface area contributed by atoms with Crippen LogP contribution in [0.5, 0.6) is 0 Å².